The molecule has 1 aliphatic heterocycles. The number of benzene rings is 1. The van der Waals surface area contributed by atoms with Gasteiger partial charge in [-0.15, -0.1) is 0 Å². The van der Waals surface area contributed by atoms with Gasteiger partial charge in [-0.3, -0.25) is 4.79 Å². The molecule has 0 bridgehead atoms. The van der Waals surface area contributed by atoms with Gasteiger partial charge in [-0.2, -0.15) is 0 Å². The molecule has 4 nitrogen and oxygen atoms in total. The Morgan fingerprint density at radius 3 is 2.33 bits per heavy atom. The Labute approximate surface area is 109 Å². The molecule has 1 N–H and O–H groups in total. The van der Waals surface area contributed by atoms with Crippen LogP contribution in [-0.4, -0.2) is 56.0 Å². The lowest BCUT2D eigenvalue weighted by Crippen LogP contribution is -2.47. The van der Waals surface area contributed by atoms with E-state index in [4.69, 9.17) is 0 Å². The van der Waals surface area contributed by atoms with Crippen LogP contribution in [0.5, 0.6) is 0 Å². The highest BCUT2D eigenvalue weighted by molar-refractivity contribution is 5.94. The van der Waals surface area contributed by atoms with Crippen LogP contribution in [0.25, 0.3) is 0 Å². The number of likely N-dealkylation sites (N-methyl/N-ethyl adjacent to an activating group) is 1. The summed E-state index contributed by atoms with van der Waals surface area (Å²) in [4.78, 5) is 16.5. The van der Waals surface area contributed by atoms with Crippen molar-refractivity contribution in [3.63, 3.8) is 0 Å². The summed E-state index contributed by atoms with van der Waals surface area (Å²) in [6, 6.07) is 7.88. The molecule has 1 heterocycles. The van der Waals surface area contributed by atoms with Gasteiger partial charge in [-0.05, 0) is 31.8 Å². The summed E-state index contributed by atoms with van der Waals surface area (Å²) in [6.45, 7) is 4.41. The highest BCUT2D eigenvalue weighted by atomic mass is 16.2. The number of piperazine rings is 1. The Balaban J connectivity index is 2.00. The van der Waals surface area contributed by atoms with Crippen molar-refractivity contribution >= 4 is 5.91 Å². The van der Waals surface area contributed by atoms with Crippen LogP contribution in [0.15, 0.2) is 24.3 Å². The lowest BCUT2D eigenvalue weighted by molar-refractivity contribution is 0.0664. The predicted octanol–water partition coefficient (Wildman–Crippen LogP) is 0.794. The van der Waals surface area contributed by atoms with Crippen molar-refractivity contribution in [3.8, 4) is 0 Å². The van der Waals surface area contributed by atoms with Crippen molar-refractivity contribution < 1.29 is 4.79 Å². The Kier molecular flexibility index (Phi) is 4.33. The molecule has 98 valence electrons. The van der Waals surface area contributed by atoms with E-state index in [0.717, 1.165) is 38.3 Å². The number of amides is 1. The summed E-state index contributed by atoms with van der Waals surface area (Å²) in [5.41, 5.74) is 1.99. The van der Waals surface area contributed by atoms with Crippen molar-refractivity contribution in [1.29, 1.82) is 0 Å². The minimum atomic E-state index is 0.152. The van der Waals surface area contributed by atoms with Gasteiger partial charge in [0, 0.05) is 38.3 Å². The first-order valence-electron chi connectivity index (χ1n) is 6.42. The van der Waals surface area contributed by atoms with E-state index in [1.165, 1.54) is 5.56 Å². The van der Waals surface area contributed by atoms with Gasteiger partial charge < -0.3 is 15.1 Å². The van der Waals surface area contributed by atoms with Crippen LogP contribution in [0.4, 0.5) is 0 Å². The van der Waals surface area contributed by atoms with Crippen LogP contribution < -0.4 is 5.32 Å². The fourth-order valence-corrected chi connectivity index (χ4v) is 2.16. The largest absolute Gasteiger partial charge is 0.336 e. The molecule has 0 aromatic heterocycles. The topological polar surface area (TPSA) is 35.6 Å². The Morgan fingerprint density at radius 2 is 1.78 bits per heavy atom. The SMILES string of the molecule is CNCc1ccc(C(=O)N2CCN(C)CC2)cc1. The van der Waals surface area contributed by atoms with Gasteiger partial charge in [0.05, 0.1) is 0 Å². The van der Waals surface area contributed by atoms with E-state index in [1.54, 1.807) is 0 Å². The summed E-state index contributed by atoms with van der Waals surface area (Å²) in [5, 5.41) is 3.10. The van der Waals surface area contributed by atoms with Gasteiger partial charge in [-0.1, -0.05) is 12.1 Å². The second kappa shape index (κ2) is 5.98. The molecule has 0 aliphatic carbocycles. The van der Waals surface area contributed by atoms with E-state index < -0.39 is 0 Å². The van der Waals surface area contributed by atoms with Gasteiger partial charge in [0.25, 0.3) is 5.91 Å². The molecule has 0 radical (unpaired) electrons. The molecule has 0 saturated carbocycles. The lowest BCUT2D eigenvalue weighted by atomic mass is 10.1. The van der Waals surface area contributed by atoms with Crippen LogP contribution >= 0.6 is 0 Å². The molecular formula is C14H21N3O. The van der Waals surface area contributed by atoms with Gasteiger partial charge in [-0.25, -0.2) is 0 Å². The molecule has 4 heteroatoms. The molecule has 1 saturated heterocycles. The minimum Gasteiger partial charge on any atom is -0.336 e. The second-order valence-corrected chi connectivity index (χ2v) is 4.82. The number of nitrogens with zero attached hydrogens (tertiary/aromatic N) is 2. The van der Waals surface area contributed by atoms with Crippen LogP contribution in [0.1, 0.15) is 15.9 Å². The molecule has 0 spiro atoms. The number of carbonyl (C=O) groups excluding carboxylic acids is 1. The molecule has 1 aromatic rings. The van der Waals surface area contributed by atoms with Crippen molar-refractivity contribution in [1.82, 2.24) is 15.1 Å². The number of nitrogens with one attached hydrogen (secondary N) is 1. The van der Waals surface area contributed by atoms with E-state index in [2.05, 4.69) is 17.3 Å². The fourth-order valence-electron chi connectivity index (χ4n) is 2.16. The van der Waals surface area contributed by atoms with Crippen LogP contribution in [-0.2, 0) is 6.54 Å². The quantitative estimate of drug-likeness (QED) is 0.858. The van der Waals surface area contributed by atoms with E-state index in [9.17, 15) is 4.79 Å². The van der Waals surface area contributed by atoms with Crippen molar-refractivity contribution in [3.05, 3.63) is 35.4 Å². The number of hydrogen-bond acceptors (Lipinski definition) is 3. The zero-order valence-electron chi connectivity index (χ0n) is 11.1. The average Bonchev–Trinajstić information content (AvgIpc) is 2.40. The molecular weight excluding hydrogens is 226 g/mol. The number of rotatable bonds is 3. The Bertz CT molecular complexity index is 394. The molecule has 18 heavy (non-hydrogen) atoms. The first-order chi connectivity index (χ1) is 8.70. The van der Waals surface area contributed by atoms with Crippen molar-refractivity contribution in [2.24, 2.45) is 0 Å². The van der Waals surface area contributed by atoms with E-state index in [1.807, 2.05) is 36.2 Å². The minimum absolute atomic E-state index is 0.152. The fraction of sp³-hybridized carbons (Fsp3) is 0.500. The zero-order chi connectivity index (χ0) is 13.0. The van der Waals surface area contributed by atoms with Crippen molar-refractivity contribution in [2.45, 2.75) is 6.54 Å². The van der Waals surface area contributed by atoms with Gasteiger partial charge in [0.2, 0.25) is 0 Å². The molecule has 0 unspecified atom stereocenters. The van der Waals surface area contributed by atoms with E-state index in [0.29, 0.717) is 0 Å². The van der Waals surface area contributed by atoms with Crippen LogP contribution in [0.3, 0.4) is 0 Å². The normalized spacial score (nSPS) is 16.9. The number of carbonyl (C=O) groups is 1. The maximum atomic E-state index is 12.3. The van der Waals surface area contributed by atoms with Crippen LogP contribution in [0.2, 0.25) is 0 Å². The summed E-state index contributed by atoms with van der Waals surface area (Å²) in [7, 11) is 4.01. The summed E-state index contributed by atoms with van der Waals surface area (Å²) < 4.78 is 0. The summed E-state index contributed by atoms with van der Waals surface area (Å²) in [6.07, 6.45) is 0. The van der Waals surface area contributed by atoms with Crippen LogP contribution in [0, 0.1) is 0 Å². The van der Waals surface area contributed by atoms with E-state index in [-0.39, 0.29) is 5.91 Å². The molecule has 2 rings (SSSR count). The second-order valence-electron chi connectivity index (χ2n) is 4.82. The predicted molar refractivity (Wildman–Crippen MR) is 72.6 cm³/mol. The molecule has 1 amide bonds. The Hall–Kier alpha value is -1.39. The van der Waals surface area contributed by atoms with Gasteiger partial charge >= 0.3 is 0 Å². The van der Waals surface area contributed by atoms with Crippen molar-refractivity contribution in [2.75, 3.05) is 40.3 Å². The number of hydrogen-bond donors (Lipinski definition) is 1. The monoisotopic (exact) mass is 247 g/mol. The maximum absolute atomic E-state index is 12.3. The van der Waals surface area contributed by atoms with E-state index >= 15 is 0 Å². The molecule has 1 aliphatic rings. The summed E-state index contributed by atoms with van der Waals surface area (Å²) in [5.74, 6) is 0.152. The smallest absolute Gasteiger partial charge is 0.253 e. The molecule has 0 atom stereocenters. The third-order valence-corrected chi connectivity index (χ3v) is 3.37. The highest BCUT2D eigenvalue weighted by Gasteiger charge is 2.19. The highest BCUT2D eigenvalue weighted by Crippen LogP contribution is 2.09. The third-order valence-electron chi connectivity index (χ3n) is 3.37. The molecule has 1 fully saturated rings. The Morgan fingerprint density at radius 1 is 1.17 bits per heavy atom. The third kappa shape index (κ3) is 3.09. The lowest BCUT2D eigenvalue weighted by Gasteiger charge is -2.32. The van der Waals surface area contributed by atoms with Gasteiger partial charge in [0.1, 0.15) is 0 Å². The average molecular weight is 247 g/mol. The first-order valence-corrected chi connectivity index (χ1v) is 6.42. The standard InChI is InChI=1S/C14H21N3O/c1-15-11-12-3-5-13(6-4-12)14(18)17-9-7-16(2)8-10-17/h3-6,15H,7-11H2,1-2H3. The summed E-state index contributed by atoms with van der Waals surface area (Å²) >= 11 is 0. The zero-order valence-corrected chi connectivity index (χ0v) is 11.1. The first kappa shape index (κ1) is 13.1. The molecule has 1 aromatic carbocycles. The van der Waals surface area contributed by atoms with Gasteiger partial charge in [0.15, 0.2) is 0 Å². The maximum Gasteiger partial charge on any atom is 0.253 e.